The van der Waals surface area contributed by atoms with Gasteiger partial charge >= 0.3 is 0 Å². The standard InChI is InChI=1S/C16H24N4O3/c1-19(2)14-8-5-6-12(18-14)10-17-15(22)11-20-9-4-3-7-13(21)16(20)23/h5-6,8,13,21H,3-4,7,9-11H2,1-2H3,(H,17,22). The third-order valence-corrected chi connectivity index (χ3v) is 3.80. The molecule has 2 rings (SSSR count). The van der Waals surface area contributed by atoms with E-state index in [4.69, 9.17) is 0 Å². The fourth-order valence-electron chi connectivity index (χ4n) is 2.47. The minimum Gasteiger partial charge on any atom is -0.383 e. The Labute approximate surface area is 136 Å². The van der Waals surface area contributed by atoms with Gasteiger partial charge in [-0.1, -0.05) is 6.07 Å². The van der Waals surface area contributed by atoms with Crippen molar-refractivity contribution in [3.63, 3.8) is 0 Å². The van der Waals surface area contributed by atoms with Gasteiger partial charge in [-0.15, -0.1) is 0 Å². The zero-order valence-corrected chi connectivity index (χ0v) is 13.7. The van der Waals surface area contributed by atoms with Gasteiger partial charge < -0.3 is 20.2 Å². The van der Waals surface area contributed by atoms with Crippen molar-refractivity contribution in [3.8, 4) is 0 Å². The van der Waals surface area contributed by atoms with Gasteiger partial charge in [-0.05, 0) is 31.4 Å². The number of aliphatic hydroxyl groups is 1. The highest BCUT2D eigenvalue weighted by Crippen LogP contribution is 2.12. The summed E-state index contributed by atoms with van der Waals surface area (Å²) in [6.45, 7) is 0.798. The van der Waals surface area contributed by atoms with Crippen LogP contribution in [0.5, 0.6) is 0 Å². The Morgan fingerprint density at radius 2 is 2.22 bits per heavy atom. The molecular weight excluding hydrogens is 296 g/mol. The van der Waals surface area contributed by atoms with E-state index in [2.05, 4.69) is 10.3 Å². The normalized spacial score (nSPS) is 18.5. The van der Waals surface area contributed by atoms with E-state index < -0.39 is 6.10 Å². The maximum atomic E-state index is 12.0. The molecule has 1 fully saturated rings. The Balaban J connectivity index is 1.87. The summed E-state index contributed by atoms with van der Waals surface area (Å²) in [5.74, 6) is 0.220. The average Bonchev–Trinajstić information content (AvgIpc) is 2.69. The van der Waals surface area contributed by atoms with Gasteiger partial charge in [0.2, 0.25) is 5.91 Å². The van der Waals surface area contributed by atoms with Crippen molar-refractivity contribution >= 4 is 17.6 Å². The molecule has 1 aliphatic heterocycles. The number of aromatic nitrogens is 1. The summed E-state index contributed by atoms with van der Waals surface area (Å²) in [6.07, 6.45) is 1.09. The predicted octanol–water partition coefficient (Wildman–Crippen LogP) is 0.137. The molecule has 126 valence electrons. The highest BCUT2D eigenvalue weighted by atomic mass is 16.3. The van der Waals surface area contributed by atoms with Crippen molar-refractivity contribution in [1.82, 2.24) is 15.2 Å². The average molecular weight is 320 g/mol. The second-order valence-electron chi connectivity index (χ2n) is 5.93. The van der Waals surface area contributed by atoms with E-state index in [0.29, 0.717) is 19.5 Å². The van der Waals surface area contributed by atoms with Crippen LogP contribution in [0.25, 0.3) is 0 Å². The fourth-order valence-corrected chi connectivity index (χ4v) is 2.47. The molecule has 23 heavy (non-hydrogen) atoms. The number of carbonyl (C=O) groups excluding carboxylic acids is 2. The molecule has 1 saturated heterocycles. The van der Waals surface area contributed by atoms with Crippen LogP contribution in [0, 0.1) is 0 Å². The van der Waals surface area contributed by atoms with Crippen LogP contribution in [0.4, 0.5) is 5.82 Å². The lowest BCUT2D eigenvalue weighted by Crippen LogP contribution is -2.44. The van der Waals surface area contributed by atoms with Gasteiger partial charge in [0.1, 0.15) is 11.9 Å². The number of anilines is 1. The van der Waals surface area contributed by atoms with Gasteiger partial charge in [-0.2, -0.15) is 0 Å². The van der Waals surface area contributed by atoms with Crippen LogP contribution in [0.3, 0.4) is 0 Å². The molecule has 1 aliphatic rings. The summed E-state index contributed by atoms with van der Waals surface area (Å²) in [7, 11) is 3.81. The van der Waals surface area contributed by atoms with Gasteiger partial charge in [0.15, 0.2) is 0 Å². The maximum Gasteiger partial charge on any atom is 0.251 e. The second-order valence-corrected chi connectivity index (χ2v) is 5.93. The highest BCUT2D eigenvalue weighted by Gasteiger charge is 2.26. The first kappa shape index (κ1) is 17.2. The summed E-state index contributed by atoms with van der Waals surface area (Å²) in [4.78, 5) is 31.7. The first-order valence-electron chi connectivity index (χ1n) is 7.84. The molecule has 0 saturated carbocycles. The van der Waals surface area contributed by atoms with E-state index in [-0.39, 0.29) is 18.4 Å². The molecule has 0 aliphatic carbocycles. The van der Waals surface area contributed by atoms with Crippen molar-refractivity contribution in [1.29, 1.82) is 0 Å². The van der Waals surface area contributed by atoms with Crippen LogP contribution in [0.2, 0.25) is 0 Å². The van der Waals surface area contributed by atoms with Crippen LogP contribution >= 0.6 is 0 Å². The lowest BCUT2D eigenvalue weighted by atomic mass is 10.2. The number of pyridine rings is 1. The van der Waals surface area contributed by atoms with Crippen molar-refractivity contribution in [2.75, 3.05) is 32.1 Å². The summed E-state index contributed by atoms with van der Waals surface area (Å²) in [5.41, 5.74) is 0.756. The van der Waals surface area contributed by atoms with Crippen molar-refractivity contribution in [2.24, 2.45) is 0 Å². The third kappa shape index (κ3) is 4.92. The van der Waals surface area contributed by atoms with Crippen LogP contribution in [-0.4, -0.2) is 60.1 Å². The second kappa shape index (κ2) is 7.92. The molecule has 1 aromatic heterocycles. The van der Waals surface area contributed by atoms with Crippen LogP contribution < -0.4 is 10.2 Å². The Morgan fingerprint density at radius 1 is 1.43 bits per heavy atom. The molecule has 2 heterocycles. The van der Waals surface area contributed by atoms with E-state index in [1.807, 2.05) is 37.2 Å². The number of likely N-dealkylation sites (tertiary alicyclic amines) is 1. The molecule has 0 aromatic carbocycles. The fraction of sp³-hybridized carbons (Fsp3) is 0.562. The molecular formula is C16H24N4O3. The number of hydrogen-bond acceptors (Lipinski definition) is 5. The molecule has 7 nitrogen and oxygen atoms in total. The molecule has 7 heteroatoms. The van der Waals surface area contributed by atoms with E-state index in [9.17, 15) is 14.7 Å². The Bertz CT molecular complexity index is 562. The van der Waals surface area contributed by atoms with Crippen molar-refractivity contribution < 1.29 is 14.7 Å². The van der Waals surface area contributed by atoms with Crippen LogP contribution in [0.1, 0.15) is 25.0 Å². The minimum absolute atomic E-state index is 0.0245. The molecule has 0 radical (unpaired) electrons. The zero-order chi connectivity index (χ0) is 16.8. The molecule has 2 N–H and O–H groups in total. The van der Waals surface area contributed by atoms with E-state index in [0.717, 1.165) is 24.4 Å². The predicted molar refractivity (Wildman–Crippen MR) is 86.8 cm³/mol. The third-order valence-electron chi connectivity index (χ3n) is 3.80. The lowest BCUT2D eigenvalue weighted by molar-refractivity contribution is -0.142. The monoisotopic (exact) mass is 320 g/mol. The van der Waals surface area contributed by atoms with Crippen LogP contribution in [-0.2, 0) is 16.1 Å². The number of aliphatic hydroxyl groups excluding tert-OH is 1. The largest absolute Gasteiger partial charge is 0.383 e. The van der Waals surface area contributed by atoms with Crippen molar-refractivity contribution in [3.05, 3.63) is 23.9 Å². The Kier molecular flexibility index (Phi) is 5.92. The SMILES string of the molecule is CN(C)c1cccc(CNC(=O)CN2CCCCC(O)C2=O)n1. The Morgan fingerprint density at radius 3 is 2.96 bits per heavy atom. The Hall–Kier alpha value is -2.15. The van der Waals surface area contributed by atoms with E-state index in [1.54, 1.807) is 0 Å². The molecule has 1 atom stereocenters. The molecule has 2 amide bonds. The van der Waals surface area contributed by atoms with Gasteiger partial charge in [-0.25, -0.2) is 4.98 Å². The van der Waals surface area contributed by atoms with E-state index >= 15 is 0 Å². The van der Waals surface area contributed by atoms with Gasteiger partial charge in [0, 0.05) is 20.6 Å². The first-order chi connectivity index (χ1) is 11.0. The summed E-state index contributed by atoms with van der Waals surface area (Å²) < 4.78 is 0. The molecule has 0 bridgehead atoms. The molecule has 0 spiro atoms. The molecule has 1 aromatic rings. The van der Waals surface area contributed by atoms with Gasteiger partial charge in [0.05, 0.1) is 18.8 Å². The van der Waals surface area contributed by atoms with Crippen molar-refractivity contribution in [2.45, 2.75) is 31.9 Å². The van der Waals surface area contributed by atoms with E-state index in [1.165, 1.54) is 4.90 Å². The lowest BCUT2D eigenvalue weighted by Gasteiger charge is -2.21. The van der Waals surface area contributed by atoms with Crippen LogP contribution in [0.15, 0.2) is 18.2 Å². The number of amides is 2. The minimum atomic E-state index is -0.983. The maximum absolute atomic E-state index is 12.0. The zero-order valence-electron chi connectivity index (χ0n) is 13.7. The van der Waals surface area contributed by atoms with Gasteiger partial charge in [-0.3, -0.25) is 9.59 Å². The molecule has 1 unspecified atom stereocenters. The number of nitrogens with one attached hydrogen (secondary N) is 1. The summed E-state index contributed by atoms with van der Waals surface area (Å²) in [5, 5.41) is 12.5. The number of carbonyl (C=O) groups is 2. The van der Waals surface area contributed by atoms with Gasteiger partial charge in [0.25, 0.3) is 5.91 Å². The number of hydrogen-bond donors (Lipinski definition) is 2. The highest BCUT2D eigenvalue weighted by molar-refractivity contribution is 5.87. The smallest absolute Gasteiger partial charge is 0.251 e. The summed E-state index contributed by atoms with van der Waals surface area (Å²) >= 11 is 0. The number of nitrogens with zero attached hydrogens (tertiary/aromatic N) is 3. The summed E-state index contributed by atoms with van der Waals surface area (Å²) in [6, 6.07) is 5.62. The first-order valence-corrected chi connectivity index (χ1v) is 7.84. The number of rotatable bonds is 5. The topological polar surface area (TPSA) is 85.8 Å². The quantitative estimate of drug-likeness (QED) is 0.806.